The van der Waals surface area contributed by atoms with Gasteiger partial charge in [0.1, 0.15) is 23.9 Å². The molecule has 1 unspecified atom stereocenters. The highest BCUT2D eigenvalue weighted by molar-refractivity contribution is 5.72. The summed E-state index contributed by atoms with van der Waals surface area (Å²) < 4.78 is 92.6. The van der Waals surface area contributed by atoms with E-state index in [0.29, 0.717) is 5.56 Å². The number of alkyl halides is 6. The summed E-state index contributed by atoms with van der Waals surface area (Å²) >= 11 is 0. The fourth-order valence-electron chi connectivity index (χ4n) is 3.08. The summed E-state index contributed by atoms with van der Waals surface area (Å²) in [5, 5.41) is 8.94. The maximum atomic E-state index is 13.7. The number of hydrogen-bond acceptors (Lipinski definition) is 5. The minimum absolute atomic E-state index is 0.102. The molecular formula is C24H19F6NO5. The number of aliphatic carboxylic acids is 1. The van der Waals surface area contributed by atoms with Crippen LogP contribution in [0.4, 0.5) is 26.3 Å². The van der Waals surface area contributed by atoms with Gasteiger partial charge in [-0.15, -0.1) is 13.2 Å². The molecule has 2 aromatic carbocycles. The third-order valence-corrected chi connectivity index (χ3v) is 4.82. The molecule has 6 nitrogen and oxygen atoms in total. The number of halogens is 6. The summed E-state index contributed by atoms with van der Waals surface area (Å²) in [4.78, 5) is 14.6. The number of carboxylic acid groups (broad SMARTS) is 1. The highest BCUT2D eigenvalue weighted by Crippen LogP contribution is 2.34. The Morgan fingerprint density at radius 3 is 2.17 bits per heavy atom. The first-order chi connectivity index (χ1) is 16.7. The fraction of sp³-hybridized carbons (Fsp3) is 0.250. The van der Waals surface area contributed by atoms with Crippen molar-refractivity contribution in [1.29, 1.82) is 0 Å². The van der Waals surface area contributed by atoms with Crippen molar-refractivity contribution in [3.05, 3.63) is 71.4 Å². The quantitative estimate of drug-likeness (QED) is 0.350. The third-order valence-electron chi connectivity index (χ3n) is 4.82. The van der Waals surface area contributed by atoms with Crippen LogP contribution in [0.15, 0.2) is 54.6 Å². The number of aromatic nitrogens is 1. The second-order valence-corrected chi connectivity index (χ2v) is 7.59. The van der Waals surface area contributed by atoms with Gasteiger partial charge in [0.2, 0.25) is 0 Å². The standard InChI is InChI=1S/C24H19F6NO5/c1-13-11-18(8-10-20(13)35-14(2)22(32)33)34-12-16-5-9-19(31-21(16)23(25,26)27)15-3-6-17(7-4-15)36-24(28,29)30/h3-11,14H,12H2,1-2H3,(H,32,33). The van der Waals surface area contributed by atoms with Crippen LogP contribution in [0, 0.1) is 6.92 Å². The number of nitrogens with zero attached hydrogens (tertiary/aromatic N) is 1. The molecular weight excluding hydrogens is 496 g/mol. The molecule has 0 aliphatic carbocycles. The Hall–Kier alpha value is -3.96. The topological polar surface area (TPSA) is 77.9 Å². The zero-order chi connectivity index (χ0) is 26.7. The van der Waals surface area contributed by atoms with Gasteiger partial charge in [0.15, 0.2) is 11.8 Å². The van der Waals surface area contributed by atoms with Crippen LogP contribution in [0.1, 0.15) is 23.7 Å². The number of carbonyl (C=O) groups is 1. The molecule has 0 fully saturated rings. The van der Waals surface area contributed by atoms with Gasteiger partial charge in [-0.2, -0.15) is 13.2 Å². The van der Waals surface area contributed by atoms with Gasteiger partial charge in [-0.1, -0.05) is 6.07 Å². The molecule has 1 aromatic heterocycles. The molecule has 1 N–H and O–H groups in total. The van der Waals surface area contributed by atoms with Crippen LogP contribution in [0.2, 0.25) is 0 Å². The van der Waals surface area contributed by atoms with E-state index in [9.17, 15) is 31.1 Å². The number of carboxylic acids is 1. The minimum atomic E-state index is -4.90. The summed E-state index contributed by atoms with van der Waals surface area (Å²) in [5.41, 5.74) is -0.898. The molecule has 0 amide bonds. The number of aryl methyl sites for hydroxylation is 1. The smallest absolute Gasteiger partial charge is 0.489 e. The fourth-order valence-corrected chi connectivity index (χ4v) is 3.08. The zero-order valence-electron chi connectivity index (χ0n) is 18.8. The summed E-state index contributed by atoms with van der Waals surface area (Å²) in [6.07, 6.45) is -10.8. The maximum absolute atomic E-state index is 13.7. The summed E-state index contributed by atoms with van der Waals surface area (Å²) in [7, 11) is 0. The summed E-state index contributed by atoms with van der Waals surface area (Å²) in [5.74, 6) is -1.17. The first-order valence-electron chi connectivity index (χ1n) is 10.3. The van der Waals surface area contributed by atoms with E-state index in [4.69, 9.17) is 14.6 Å². The molecule has 3 aromatic rings. The van der Waals surface area contributed by atoms with Crippen LogP contribution in [0.3, 0.4) is 0 Å². The molecule has 0 saturated heterocycles. The minimum Gasteiger partial charge on any atom is -0.489 e. The SMILES string of the molecule is Cc1cc(OCc2ccc(-c3ccc(OC(F)(F)F)cc3)nc2C(F)(F)F)ccc1OC(C)C(=O)O. The maximum Gasteiger partial charge on any atom is 0.573 e. The lowest BCUT2D eigenvalue weighted by Gasteiger charge is -2.16. The van der Waals surface area contributed by atoms with Gasteiger partial charge < -0.3 is 19.3 Å². The number of rotatable bonds is 8. The van der Waals surface area contributed by atoms with Gasteiger partial charge in [0, 0.05) is 11.1 Å². The average Bonchev–Trinajstić information content (AvgIpc) is 2.78. The molecule has 0 spiro atoms. The lowest BCUT2D eigenvalue weighted by atomic mass is 10.1. The van der Waals surface area contributed by atoms with E-state index in [1.165, 1.54) is 37.3 Å². The monoisotopic (exact) mass is 515 g/mol. The molecule has 192 valence electrons. The molecule has 0 saturated carbocycles. The number of pyridine rings is 1. The molecule has 0 bridgehead atoms. The summed E-state index contributed by atoms with van der Waals surface area (Å²) in [6.45, 7) is 2.50. The lowest BCUT2D eigenvalue weighted by Crippen LogP contribution is -2.23. The van der Waals surface area contributed by atoms with Gasteiger partial charge in [0.05, 0.1) is 5.69 Å². The highest BCUT2D eigenvalue weighted by atomic mass is 19.4. The third kappa shape index (κ3) is 7.03. The summed E-state index contributed by atoms with van der Waals surface area (Å²) in [6, 6.07) is 11.1. The lowest BCUT2D eigenvalue weighted by molar-refractivity contribution is -0.274. The number of hydrogen-bond donors (Lipinski definition) is 1. The molecule has 36 heavy (non-hydrogen) atoms. The largest absolute Gasteiger partial charge is 0.573 e. The predicted molar refractivity (Wildman–Crippen MR) is 115 cm³/mol. The Kier molecular flexibility index (Phi) is 7.65. The van der Waals surface area contributed by atoms with E-state index in [0.717, 1.165) is 24.3 Å². The van der Waals surface area contributed by atoms with Gasteiger partial charge in [-0.3, -0.25) is 0 Å². The average molecular weight is 515 g/mol. The predicted octanol–water partition coefficient (Wildman–Crippen LogP) is 6.41. The van der Waals surface area contributed by atoms with Gasteiger partial charge in [-0.05, 0) is 67.9 Å². The van der Waals surface area contributed by atoms with E-state index in [2.05, 4.69) is 9.72 Å². The molecule has 12 heteroatoms. The molecule has 1 atom stereocenters. The van der Waals surface area contributed by atoms with Crippen LogP contribution in [-0.2, 0) is 17.6 Å². The Labute approximate surface area is 201 Å². The Balaban J connectivity index is 1.79. The molecule has 0 aliphatic rings. The van der Waals surface area contributed by atoms with E-state index < -0.39 is 42.7 Å². The number of benzene rings is 2. The van der Waals surface area contributed by atoms with E-state index in [1.54, 1.807) is 6.92 Å². The second kappa shape index (κ2) is 10.3. The van der Waals surface area contributed by atoms with E-state index >= 15 is 0 Å². The van der Waals surface area contributed by atoms with Gasteiger partial charge >= 0.3 is 18.5 Å². The van der Waals surface area contributed by atoms with Crippen LogP contribution in [0.5, 0.6) is 17.2 Å². The van der Waals surface area contributed by atoms with Gasteiger partial charge in [-0.25, -0.2) is 9.78 Å². The van der Waals surface area contributed by atoms with E-state index in [1.807, 2.05) is 0 Å². The van der Waals surface area contributed by atoms with Crippen molar-refractivity contribution >= 4 is 5.97 Å². The van der Waals surface area contributed by atoms with Crippen molar-refractivity contribution in [2.75, 3.05) is 0 Å². The number of ether oxygens (including phenoxy) is 3. The van der Waals surface area contributed by atoms with Crippen molar-refractivity contribution < 1.29 is 50.5 Å². The Morgan fingerprint density at radius 2 is 1.61 bits per heavy atom. The molecule has 1 heterocycles. The Bertz CT molecular complexity index is 1230. The zero-order valence-corrected chi connectivity index (χ0v) is 18.8. The van der Waals surface area contributed by atoms with Crippen molar-refractivity contribution in [2.24, 2.45) is 0 Å². The first kappa shape index (κ1) is 26.6. The van der Waals surface area contributed by atoms with Crippen molar-refractivity contribution in [3.63, 3.8) is 0 Å². The van der Waals surface area contributed by atoms with Crippen LogP contribution in [-0.4, -0.2) is 28.5 Å². The second-order valence-electron chi connectivity index (χ2n) is 7.59. The molecule has 0 radical (unpaired) electrons. The van der Waals surface area contributed by atoms with Crippen molar-refractivity contribution in [2.45, 2.75) is 39.1 Å². The van der Waals surface area contributed by atoms with Crippen LogP contribution >= 0.6 is 0 Å². The molecule has 0 aliphatic heterocycles. The van der Waals surface area contributed by atoms with E-state index in [-0.39, 0.29) is 28.3 Å². The highest BCUT2D eigenvalue weighted by Gasteiger charge is 2.36. The van der Waals surface area contributed by atoms with Gasteiger partial charge in [0.25, 0.3) is 0 Å². The van der Waals surface area contributed by atoms with Crippen molar-refractivity contribution in [3.8, 4) is 28.5 Å². The van der Waals surface area contributed by atoms with Crippen molar-refractivity contribution in [1.82, 2.24) is 4.98 Å². The first-order valence-corrected chi connectivity index (χ1v) is 10.3. The normalized spacial score (nSPS) is 12.7. The van der Waals surface area contributed by atoms with Crippen LogP contribution in [0.25, 0.3) is 11.3 Å². The molecule has 3 rings (SSSR count). The Morgan fingerprint density at radius 1 is 0.972 bits per heavy atom. The van der Waals surface area contributed by atoms with Crippen LogP contribution < -0.4 is 14.2 Å².